The summed E-state index contributed by atoms with van der Waals surface area (Å²) in [6.45, 7) is 1.08. The number of aliphatic imine (C=N–C) groups is 1. The Labute approximate surface area is 216 Å². The number of nitrogens with zero attached hydrogens (tertiary/aromatic N) is 1. The van der Waals surface area contributed by atoms with Gasteiger partial charge in [0.25, 0.3) is 0 Å². The molecule has 1 rings (SSSR count). The van der Waals surface area contributed by atoms with E-state index in [1.165, 1.54) is 4.99 Å². The van der Waals surface area contributed by atoms with Crippen LogP contribution in [0.3, 0.4) is 0 Å². The van der Waals surface area contributed by atoms with Crippen LogP contribution in [0.4, 0.5) is 74.6 Å². The van der Waals surface area contributed by atoms with E-state index in [2.05, 4.69) is 0 Å². The number of halogens is 19. The molecule has 38 heavy (non-hydrogen) atoms. The minimum absolute atomic E-state index is 0.173. The third-order valence-electron chi connectivity index (χ3n) is 4.34. The Balaban J connectivity index is 0.00000434. The second kappa shape index (κ2) is 11.3. The van der Waals surface area contributed by atoms with Crippen molar-refractivity contribution in [3.8, 4) is 5.75 Å². The van der Waals surface area contributed by atoms with Crippen LogP contribution in [0.2, 0.25) is 0 Å². The molecule has 22 heteroatoms. The van der Waals surface area contributed by atoms with Crippen LogP contribution in [-0.4, -0.2) is 59.1 Å². The zero-order valence-electron chi connectivity index (χ0n) is 17.4. The minimum atomic E-state index is -8.69. The Morgan fingerprint density at radius 3 is 1.37 bits per heavy atom. The molecule has 0 spiro atoms. The van der Waals surface area contributed by atoms with Crippen molar-refractivity contribution < 1.29 is 96.8 Å². The van der Waals surface area contributed by atoms with Crippen LogP contribution in [0.5, 0.6) is 5.75 Å². The molecule has 0 radical (unpaired) electrons. The molecule has 2 nitrogen and oxygen atoms in total. The molecule has 0 heterocycles. The molecule has 220 valence electrons. The topological polar surface area (TPSA) is 32.6 Å². The van der Waals surface area contributed by atoms with Crippen molar-refractivity contribution in [2.24, 2.45) is 4.99 Å². The summed E-state index contributed by atoms with van der Waals surface area (Å²) in [6.07, 6.45) is -8.35. The average Bonchev–Trinajstić information content (AvgIpc) is 2.73. The first-order valence-corrected chi connectivity index (χ1v) is 12.9. The van der Waals surface area contributed by atoms with Gasteiger partial charge in [0, 0.05) is 11.8 Å². The zero-order chi connectivity index (χ0) is 31.0. The molecule has 0 fully saturated rings. The van der Waals surface area contributed by atoms with E-state index in [9.17, 15) is 79.7 Å². The summed E-state index contributed by atoms with van der Waals surface area (Å²) in [5.74, 6) is -51.5. The van der Waals surface area contributed by atoms with Crippen LogP contribution in [0.25, 0.3) is 0 Å². The quantitative estimate of drug-likeness (QED) is 0.128. The Bertz CT molecular complexity index is 997. The van der Waals surface area contributed by atoms with Crippen LogP contribution in [0.15, 0.2) is 23.2 Å². The van der Waals surface area contributed by atoms with Crippen molar-refractivity contribution >= 4 is 24.8 Å². The van der Waals surface area contributed by atoms with Gasteiger partial charge >= 0.3 is 83.4 Å². The fourth-order valence-electron chi connectivity index (χ4n) is 2.17. The van der Waals surface area contributed by atoms with E-state index in [-0.39, 0.29) is 5.56 Å². The maximum absolute atomic E-state index is 13.7. The van der Waals surface area contributed by atoms with Gasteiger partial charge < -0.3 is 5.11 Å². The predicted octanol–water partition coefficient (Wildman–Crippen LogP) is 8.46. The summed E-state index contributed by atoms with van der Waals surface area (Å²) in [5.41, 5.74) is -1.13. The van der Waals surface area contributed by atoms with Crippen LogP contribution in [0, 0.1) is 6.92 Å². The van der Waals surface area contributed by atoms with Gasteiger partial charge in [-0.05, 0) is 18.6 Å². The average molecular weight is 672 g/mol. The molecule has 0 aliphatic heterocycles. The summed E-state index contributed by atoms with van der Waals surface area (Å²) in [7, 11) is 9.78. The molecule has 0 atom stereocenters. The van der Waals surface area contributed by atoms with Gasteiger partial charge in [0.1, 0.15) is 5.75 Å². The van der Waals surface area contributed by atoms with E-state index in [0.717, 1.165) is 19.1 Å². The molecule has 0 unspecified atom stereocenters. The third-order valence-corrected chi connectivity index (χ3v) is 4.34. The molecular weight excluding hydrogens is 664 g/mol. The maximum atomic E-state index is 13.7. The number of aromatic hydroxyl groups is 1. The fourth-order valence-corrected chi connectivity index (χ4v) is 2.17. The summed E-state index contributed by atoms with van der Waals surface area (Å²) < 4.78 is 223. The number of phenolic OH excluding ortho intramolecular Hbond substituents is 1. The molecule has 0 bridgehead atoms. The number of alkyl halides is 17. The van der Waals surface area contributed by atoms with Crippen molar-refractivity contribution in [2.75, 3.05) is 0 Å². The van der Waals surface area contributed by atoms with Crippen molar-refractivity contribution in [2.45, 2.75) is 54.7 Å². The number of rotatable bonds is 8. The van der Waals surface area contributed by atoms with E-state index in [1.807, 2.05) is 0 Å². The number of benzene rings is 1. The zero-order valence-corrected chi connectivity index (χ0v) is 20.5. The number of aryl methyl sites for hydroxylation is 1. The molecule has 0 saturated carbocycles. The standard InChI is InChI=1S/C16H8F17NO.2ClH.Ti/c1-6-3-2-4-7(8(6)35)5-34-16(32,33)14(27,28)12(23,24)10(19,20)9(17,18)11(21,22)13(25,26)15(29,30)31;;;/h2-5,35H,1H3;2*1H;/q;;;+2/p-2/b34-5+;;;. The second-order valence-corrected chi connectivity index (χ2v) is 9.41. The van der Waals surface area contributed by atoms with Gasteiger partial charge in [0.05, 0.1) is 0 Å². The number of phenols is 1. The van der Waals surface area contributed by atoms with Crippen LogP contribution < -0.4 is 0 Å². The van der Waals surface area contributed by atoms with Gasteiger partial charge in [-0.1, -0.05) is 12.1 Å². The molecule has 0 saturated heterocycles. The van der Waals surface area contributed by atoms with E-state index < -0.39 is 82.3 Å². The first-order chi connectivity index (χ1) is 16.6. The normalized spacial score (nSPS) is 14.8. The van der Waals surface area contributed by atoms with Crippen molar-refractivity contribution in [1.29, 1.82) is 0 Å². The molecule has 0 aromatic heterocycles. The monoisotopic (exact) mass is 671 g/mol. The number of hydrogen-bond donors (Lipinski definition) is 1. The number of para-hydroxylation sites is 1. The van der Waals surface area contributed by atoms with Gasteiger partial charge in [-0.25, -0.2) is 4.99 Å². The molecule has 1 aromatic carbocycles. The van der Waals surface area contributed by atoms with Gasteiger partial charge in [0.2, 0.25) is 0 Å². The fraction of sp³-hybridized carbons (Fsp3) is 0.562. The summed E-state index contributed by atoms with van der Waals surface area (Å²) >= 11 is -0.556. The number of hydrogen-bond acceptors (Lipinski definition) is 2. The predicted molar refractivity (Wildman–Crippen MR) is 92.8 cm³/mol. The SMILES string of the molecule is Cc1cccc(/C=N/C(F)(F)C(F)(F)C(F)(F)C(F)(F)C(F)(F)C(F)(F)C(F)(F)C(F)(F)F)c1O.[Cl][Ti][Cl]. The third kappa shape index (κ3) is 5.94. The molecule has 1 N–H and O–H groups in total. The molecule has 1 aromatic rings. The summed E-state index contributed by atoms with van der Waals surface area (Å²) in [5, 5.41) is 9.49. The van der Waals surface area contributed by atoms with Crippen LogP contribution >= 0.6 is 18.6 Å². The van der Waals surface area contributed by atoms with Crippen molar-refractivity contribution in [3.05, 3.63) is 29.3 Å². The van der Waals surface area contributed by atoms with Crippen LogP contribution in [0.1, 0.15) is 11.1 Å². The molecular formula is C16H8Cl2F17NOTi. The molecule has 0 amide bonds. The van der Waals surface area contributed by atoms with E-state index in [4.69, 9.17) is 18.6 Å². The molecule has 0 aliphatic carbocycles. The Morgan fingerprint density at radius 2 is 1.00 bits per heavy atom. The Morgan fingerprint density at radius 1 is 0.658 bits per heavy atom. The molecule has 0 aliphatic rings. The first kappa shape index (κ1) is 36.8. The van der Waals surface area contributed by atoms with Crippen LogP contribution in [-0.2, 0) is 17.0 Å². The van der Waals surface area contributed by atoms with Crippen molar-refractivity contribution in [3.63, 3.8) is 0 Å². The summed E-state index contributed by atoms with van der Waals surface area (Å²) in [4.78, 5) is 1.47. The summed E-state index contributed by atoms with van der Waals surface area (Å²) in [6, 6.07) is -4.29. The van der Waals surface area contributed by atoms with Gasteiger partial charge in [0.15, 0.2) is 0 Å². The Hall–Kier alpha value is -1.21. The Kier molecular flexibility index (Phi) is 11.0. The second-order valence-electron chi connectivity index (χ2n) is 6.83. The van der Waals surface area contributed by atoms with Crippen molar-refractivity contribution in [1.82, 2.24) is 0 Å². The first-order valence-electron chi connectivity index (χ1n) is 8.58. The van der Waals surface area contributed by atoms with E-state index in [0.29, 0.717) is 6.07 Å². The van der Waals surface area contributed by atoms with Gasteiger partial charge in [-0.3, -0.25) is 0 Å². The van der Waals surface area contributed by atoms with E-state index >= 15 is 0 Å². The van der Waals surface area contributed by atoms with Gasteiger partial charge in [-0.2, -0.15) is 74.6 Å². The van der Waals surface area contributed by atoms with Gasteiger partial charge in [-0.15, -0.1) is 0 Å². The van der Waals surface area contributed by atoms with E-state index in [1.54, 1.807) is 0 Å².